The number of carboxylic acids is 1. The van der Waals surface area contributed by atoms with Crippen molar-refractivity contribution in [2.45, 2.75) is 12.8 Å². The second-order valence-corrected chi connectivity index (χ2v) is 6.38. The first-order valence-corrected chi connectivity index (χ1v) is 7.57. The van der Waals surface area contributed by atoms with Crippen LogP contribution in [-0.4, -0.2) is 17.7 Å². The van der Waals surface area contributed by atoms with Crippen molar-refractivity contribution < 1.29 is 14.6 Å². The Balaban J connectivity index is 1.93. The Morgan fingerprint density at radius 3 is 2.81 bits per heavy atom. The van der Waals surface area contributed by atoms with Crippen molar-refractivity contribution in [3.05, 3.63) is 64.1 Å². The molecule has 4 heteroatoms. The number of aliphatic carboxylic acids is 1. The van der Waals surface area contributed by atoms with Crippen LogP contribution in [0.3, 0.4) is 0 Å². The molecule has 2 aromatic carbocycles. The summed E-state index contributed by atoms with van der Waals surface area (Å²) < 4.78 is 6.67. The van der Waals surface area contributed by atoms with Crippen LogP contribution in [0.1, 0.15) is 11.1 Å². The molecule has 3 nitrogen and oxygen atoms in total. The highest BCUT2D eigenvalue weighted by atomic mass is 79.9. The molecule has 108 valence electrons. The normalized spacial score (nSPS) is 20.4. The number of fused-ring (bicyclic) bond motifs is 1. The summed E-state index contributed by atoms with van der Waals surface area (Å²) in [6.07, 6.45) is 0.946. The third-order valence-corrected chi connectivity index (χ3v) is 4.38. The van der Waals surface area contributed by atoms with Gasteiger partial charge >= 0.3 is 5.97 Å². The van der Waals surface area contributed by atoms with E-state index in [9.17, 15) is 9.90 Å². The zero-order valence-corrected chi connectivity index (χ0v) is 13.0. The van der Waals surface area contributed by atoms with Crippen molar-refractivity contribution in [3.63, 3.8) is 0 Å². The van der Waals surface area contributed by atoms with Crippen LogP contribution in [0.4, 0.5) is 0 Å². The summed E-state index contributed by atoms with van der Waals surface area (Å²) in [6, 6.07) is 15.4. The lowest BCUT2D eigenvalue weighted by molar-refractivity contribution is -0.151. The summed E-state index contributed by atoms with van der Waals surface area (Å²) in [6.45, 7) is 0.200. The maximum Gasteiger partial charge on any atom is 0.313 e. The first-order chi connectivity index (χ1) is 10.1. The molecule has 1 aliphatic rings. The number of para-hydroxylation sites is 1. The Morgan fingerprint density at radius 2 is 2.05 bits per heavy atom. The van der Waals surface area contributed by atoms with Gasteiger partial charge in [0.05, 0.1) is 0 Å². The Hall–Kier alpha value is -1.81. The molecule has 0 spiro atoms. The van der Waals surface area contributed by atoms with E-state index in [0.717, 1.165) is 21.3 Å². The molecule has 0 radical (unpaired) electrons. The topological polar surface area (TPSA) is 46.5 Å². The standard InChI is InChI=1S/C17H15BrO3/c18-14-6-3-4-12(8-14)9-17(16(19)20)10-13-5-1-2-7-15(13)21-11-17/h1-8H,9-11H2,(H,19,20). The number of hydrogen-bond acceptors (Lipinski definition) is 2. The van der Waals surface area contributed by atoms with Crippen molar-refractivity contribution >= 4 is 21.9 Å². The fourth-order valence-corrected chi connectivity index (χ4v) is 3.23. The minimum atomic E-state index is -0.908. The van der Waals surface area contributed by atoms with E-state index in [2.05, 4.69) is 15.9 Å². The average molecular weight is 347 g/mol. The van der Waals surface area contributed by atoms with Crippen molar-refractivity contribution in [1.29, 1.82) is 0 Å². The predicted octanol–water partition coefficient (Wildman–Crippen LogP) is 3.70. The number of rotatable bonds is 3. The van der Waals surface area contributed by atoms with Crippen molar-refractivity contribution in [1.82, 2.24) is 0 Å². The van der Waals surface area contributed by atoms with Crippen LogP contribution < -0.4 is 4.74 Å². The van der Waals surface area contributed by atoms with Crippen LogP contribution in [0.5, 0.6) is 5.75 Å². The molecular formula is C17H15BrO3. The zero-order chi connectivity index (χ0) is 14.9. The van der Waals surface area contributed by atoms with E-state index in [1.807, 2.05) is 48.5 Å². The summed E-state index contributed by atoms with van der Waals surface area (Å²) in [5, 5.41) is 9.75. The number of hydrogen-bond donors (Lipinski definition) is 1. The summed E-state index contributed by atoms with van der Waals surface area (Å²) in [7, 11) is 0. The lowest BCUT2D eigenvalue weighted by atomic mass is 9.75. The molecule has 0 bridgehead atoms. The molecule has 1 aliphatic heterocycles. The third kappa shape index (κ3) is 2.81. The second-order valence-electron chi connectivity index (χ2n) is 5.47. The molecule has 0 aliphatic carbocycles. The first-order valence-electron chi connectivity index (χ1n) is 6.78. The van der Waals surface area contributed by atoms with Crippen LogP contribution in [0.25, 0.3) is 0 Å². The van der Waals surface area contributed by atoms with Gasteiger partial charge in [-0.25, -0.2) is 0 Å². The highest BCUT2D eigenvalue weighted by Crippen LogP contribution is 2.37. The zero-order valence-electron chi connectivity index (χ0n) is 11.4. The number of halogens is 1. The Bertz CT molecular complexity index is 683. The largest absolute Gasteiger partial charge is 0.492 e. The quantitative estimate of drug-likeness (QED) is 0.921. The van der Waals surface area contributed by atoms with E-state index >= 15 is 0 Å². The van der Waals surface area contributed by atoms with Gasteiger partial charge in [0.25, 0.3) is 0 Å². The van der Waals surface area contributed by atoms with Gasteiger partial charge in [-0.2, -0.15) is 0 Å². The SMILES string of the molecule is O=C(O)C1(Cc2cccc(Br)c2)COc2ccccc2C1. The van der Waals surface area contributed by atoms with Gasteiger partial charge in [-0.15, -0.1) is 0 Å². The van der Waals surface area contributed by atoms with Crippen LogP contribution in [0, 0.1) is 5.41 Å². The van der Waals surface area contributed by atoms with Crippen molar-refractivity contribution in [3.8, 4) is 5.75 Å². The van der Waals surface area contributed by atoms with Gasteiger partial charge < -0.3 is 9.84 Å². The highest BCUT2D eigenvalue weighted by Gasteiger charge is 2.43. The Kier molecular flexibility index (Phi) is 3.72. The van der Waals surface area contributed by atoms with Crippen LogP contribution >= 0.6 is 15.9 Å². The van der Waals surface area contributed by atoms with E-state index < -0.39 is 11.4 Å². The molecule has 0 fully saturated rings. The molecule has 1 N–H and O–H groups in total. The molecular weight excluding hydrogens is 332 g/mol. The maximum atomic E-state index is 11.9. The minimum absolute atomic E-state index is 0.200. The minimum Gasteiger partial charge on any atom is -0.492 e. The van der Waals surface area contributed by atoms with Gasteiger partial charge in [-0.1, -0.05) is 46.3 Å². The molecule has 2 aromatic rings. The first kappa shape index (κ1) is 14.1. The number of carbonyl (C=O) groups is 1. The molecule has 0 saturated carbocycles. The summed E-state index contributed by atoms with van der Waals surface area (Å²) >= 11 is 3.43. The Labute approximate surface area is 131 Å². The number of ether oxygens (including phenoxy) is 1. The monoisotopic (exact) mass is 346 g/mol. The highest BCUT2D eigenvalue weighted by molar-refractivity contribution is 9.10. The van der Waals surface area contributed by atoms with E-state index in [0.29, 0.717) is 12.8 Å². The molecule has 0 aromatic heterocycles. The van der Waals surface area contributed by atoms with Crippen molar-refractivity contribution in [2.75, 3.05) is 6.61 Å². The molecule has 0 amide bonds. The lowest BCUT2D eigenvalue weighted by Gasteiger charge is -2.34. The van der Waals surface area contributed by atoms with Gasteiger partial charge in [0.1, 0.15) is 17.8 Å². The van der Waals surface area contributed by atoms with E-state index in [-0.39, 0.29) is 6.61 Å². The van der Waals surface area contributed by atoms with Crippen LogP contribution in [0.2, 0.25) is 0 Å². The molecule has 1 heterocycles. The molecule has 1 unspecified atom stereocenters. The third-order valence-electron chi connectivity index (χ3n) is 3.89. The van der Waals surface area contributed by atoms with Crippen LogP contribution in [0.15, 0.2) is 53.0 Å². The fraction of sp³-hybridized carbons (Fsp3) is 0.235. The predicted molar refractivity (Wildman–Crippen MR) is 83.6 cm³/mol. The van der Waals surface area contributed by atoms with E-state index in [4.69, 9.17) is 4.74 Å². The summed E-state index contributed by atoms with van der Waals surface area (Å²) in [4.78, 5) is 11.9. The van der Waals surface area contributed by atoms with Gasteiger partial charge in [0.15, 0.2) is 0 Å². The summed E-state index contributed by atoms with van der Waals surface area (Å²) in [5.41, 5.74) is 1.05. The maximum absolute atomic E-state index is 11.9. The number of carboxylic acid groups (broad SMARTS) is 1. The Morgan fingerprint density at radius 1 is 1.24 bits per heavy atom. The van der Waals surface area contributed by atoms with E-state index in [1.54, 1.807) is 0 Å². The van der Waals surface area contributed by atoms with Crippen molar-refractivity contribution in [2.24, 2.45) is 5.41 Å². The average Bonchev–Trinajstić information content (AvgIpc) is 2.47. The molecule has 1 atom stereocenters. The van der Waals surface area contributed by atoms with Gasteiger partial charge in [-0.05, 0) is 42.2 Å². The second kappa shape index (κ2) is 5.53. The fourth-order valence-electron chi connectivity index (χ4n) is 2.79. The van der Waals surface area contributed by atoms with Gasteiger partial charge in [0, 0.05) is 4.47 Å². The lowest BCUT2D eigenvalue weighted by Crippen LogP contribution is -2.43. The molecule has 3 rings (SSSR count). The smallest absolute Gasteiger partial charge is 0.313 e. The number of benzene rings is 2. The summed E-state index contributed by atoms with van der Waals surface area (Å²) in [5.74, 6) is -0.0133. The van der Waals surface area contributed by atoms with E-state index in [1.165, 1.54) is 0 Å². The van der Waals surface area contributed by atoms with Crippen LogP contribution in [-0.2, 0) is 17.6 Å². The molecule has 0 saturated heterocycles. The van der Waals surface area contributed by atoms with Gasteiger partial charge in [-0.3, -0.25) is 4.79 Å². The van der Waals surface area contributed by atoms with Gasteiger partial charge in [0.2, 0.25) is 0 Å². The molecule has 21 heavy (non-hydrogen) atoms.